The number of rotatable bonds is 3. The molecule has 19 heavy (non-hydrogen) atoms. The maximum atomic E-state index is 11.6. The predicted molar refractivity (Wildman–Crippen MR) is 79.1 cm³/mol. The summed E-state index contributed by atoms with van der Waals surface area (Å²) in [6.45, 7) is 1.52. The number of hydrogen-bond acceptors (Lipinski definition) is 6. The van der Waals surface area contributed by atoms with Crippen molar-refractivity contribution in [2.75, 3.05) is 11.5 Å². The molecule has 0 spiro atoms. The van der Waals surface area contributed by atoms with E-state index in [2.05, 4.69) is 25.9 Å². The molecule has 0 unspecified atom stereocenters. The van der Waals surface area contributed by atoms with Crippen LogP contribution >= 0.6 is 27.7 Å². The standard InChI is InChI=1S/C12H11BrN4OS/c1-6(18)8-3-2-7(13)4-9(8)19-12-16-10(14)5-11(15)17-12/h2-5H,1H3,(H4,14,15,16,17). The van der Waals surface area contributed by atoms with E-state index in [-0.39, 0.29) is 5.78 Å². The molecule has 5 nitrogen and oxygen atoms in total. The number of nitrogen functional groups attached to an aromatic ring is 2. The predicted octanol–water partition coefficient (Wildman–Crippen LogP) is 2.76. The van der Waals surface area contributed by atoms with Crippen LogP contribution in [-0.2, 0) is 0 Å². The number of carbonyl (C=O) groups excluding carboxylic acids is 1. The van der Waals surface area contributed by atoms with Gasteiger partial charge in [0.05, 0.1) is 0 Å². The van der Waals surface area contributed by atoms with Crippen molar-refractivity contribution in [1.29, 1.82) is 0 Å². The fraction of sp³-hybridized carbons (Fsp3) is 0.0833. The quantitative estimate of drug-likeness (QED) is 0.659. The fourth-order valence-corrected chi connectivity index (χ4v) is 3.00. The second-order valence-electron chi connectivity index (χ2n) is 3.80. The summed E-state index contributed by atoms with van der Waals surface area (Å²) < 4.78 is 0.872. The Morgan fingerprint density at radius 2 is 1.84 bits per heavy atom. The first-order valence-electron chi connectivity index (χ1n) is 5.34. The summed E-state index contributed by atoms with van der Waals surface area (Å²) in [6.07, 6.45) is 0. The molecule has 7 heteroatoms. The van der Waals surface area contributed by atoms with Crippen molar-refractivity contribution in [2.45, 2.75) is 17.0 Å². The highest BCUT2D eigenvalue weighted by atomic mass is 79.9. The van der Waals surface area contributed by atoms with Crippen LogP contribution in [0.3, 0.4) is 0 Å². The second kappa shape index (κ2) is 5.58. The molecular formula is C12H11BrN4OS. The highest BCUT2D eigenvalue weighted by Crippen LogP contribution is 2.31. The number of anilines is 2. The lowest BCUT2D eigenvalue weighted by Gasteiger charge is -2.07. The number of halogens is 1. The molecule has 0 amide bonds. The largest absolute Gasteiger partial charge is 0.383 e. The number of carbonyl (C=O) groups is 1. The van der Waals surface area contributed by atoms with Gasteiger partial charge in [-0.1, -0.05) is 15.9 Å². The summed E-state index contributed by atoms with van der Waals surface area (Å²) >= 11 is 4.62. The van der Waals surface area contributed by atoms with Crippen molar-refractivity contribution in [2.24, 2.45) is 0 Å². The van der Waals surface area contributed by atoms with Gasteiger partial charge in [-0.15, -0.1) is 0 Å². The van der Waals surface area contributed by atoms with Crippen molar-refractivity contribution < 1.29 is 4.79 Å². The van der Waals surface area contributed by atoms with E-state index in [9.17, 15) is 4.79 Å². The third-order valence-electron chi connectivity index (χ3n) is 2.27. The molecule has 2 rings (SSSR count). The van der Waals surface area contributed by atoms with Crippen molar-refractivity contribution in [3.05, 3.63) is 34.3 Å². The van der Waals surface area contributed by atoms with E-state index in [4.69, 9.17) is 11.5 Å². The molecule has 1 heterocycles. The van der Waals surface area contributed by atoms with Crippen molar-refractivity contribution in [3.63, 3.8) is 0 Å². The molecule has 0 atom stereocenters. The first-order chi connectivity index (χ1) is 8.95. The van der Waals surface area contributed by atoms with Gasteiger partial charge in [-0.2, -0.15) is 0 Å². The van der Waals surface area contributed by atoms with Gasteiger partial charge >= 0.3 is 0 Å². The molecule has 1 aromatic carbocycles. The summed E-state index contributed by atoms with van der Waals surface area (Å²) in [6, 6.07) is 6.89. The zero-order valence-electron chi connectivity index (χ0n) is 10.1. The van der Waals surface area contributed by atoms with Gasteiger partial charge in [0.2, 0.25) is 0 Å². The third kappa shape index (κ3) is 3.45. The van der Waals surface area contributed by atoms with Crippen molar-refractivity contribution in [1.82, 2.24) is 9.97 Å². The summed E-state index contributed by atoms with van der Waals surface area (Å²) in [7, 11) is 0. The zero-order valence-corrected chi connectivity index (χ0v) is 12.5. The minimum atomic E-state index is -0.0214. The lowest BCUT2D eigenvalue weighted by molar-refractivity contribution is 0.101. The van der Waals surface area contributed by atoms with E-state index in [1.165, 1.54) is 24.8 Å². The molecular weight excluding hydrogens is 328 g/mol. The topological polar surface area (TPSA) is 94.9 Å². The van der Waals surface area contributed by atoms with Crippen LogP contribution in [0.5, 0.6) is 0 Å². The van der Waals surface area contributed by atoms with E-state index in [1.54, 1.807) is 6.07 Å². The summed E-state index contributed by atoms with van der Waals surface area (Å²) in [5.74, 6) is 0.579. The number of ketones is 1. The summed E-state index contributed by atoms with van der Waals surface area (Å²) in [4.78, 5) is 20.5. The molecule has 4 N–H and O–H groups in total. The minimum absolute atomic E-state index is 0.0214. The van der Waals surface area contributed by atoms with Gasteiger partial charge in [0.25, 0.3) is 0 Å². The molecule has 2 aromatic rings. The molecule has 0 aliphatic heterocycles. The number of hydrogen-bond donors (Lipinski definition) is 2. The fourth-order valence-electron chi connectivity index (χ4n) is 1.48. The monoisotopic (exact) mass is 338 g/mol. The SMILES string of the molecule is CC(=O)c1ccc(Br)cc1Sc1nc(N)cc(N)n1. The molecule has 0 saturated carbocycles. The van der Waals surface area contributed by atoms with E-state index < -0.39 is 0 Å². The Morgan fingerprint density at radius 3 is 2.42 bits per heavy atom. The maximum Gasteiger partial charge on any atom is 0.196 e. The Labute approximate surface area is 122 Å². The Bertz CT molecular complexity index is 627. The van der Waals surface area contributed by atoms with E-state index in [1.807, 2.05) is 12.1 Å². The van der Waals surface area contributed by atoms with Crippen molar-refractivity contribution >= 4 is 45.1 Å². The number of Topliss-reactive ketones (excluding diaryl/α,β-unsaturated/α-hetero) is 1. The molecule has 0 fully saturated rings. The zero-order chi connectivity index (χ0) is 14.0. The van der Waals surface area contributed by atoms with Gasteiger partial charge in [-0.25, -0.2) is 9.97 Å². The normalized spacial score (nSPS) is 10.4. The first kappa shape index (κ1) is 13.8. The van der Waals surface area contributed by atoms with E-state index >= 15 is 0 Å². The summed E-state index contributed by atoms with van der Waals surface area (Å²) in [5.41, 5.74) is 11.8. The number of nitrogens with two attached hydrogens (primary N) is 2. The average molecular weight is 339 g/mol. The van der Waals surface area contributed by atoms with Crippen LogP contribution in [0.15, 0.2) is 38.8 Å². The van der Waals surface area contributed by atoms with Gasteiger partial charge < -0.3 is 11.5 Å². The molecule has 0 bridgehead atoms. The molecule has 0 aliphatic rings. The van der Waals surface area contributed by atoms with Crippen LogP contribution < -0.4 is 11.5 Å². The van der Waals surface area contributed by atoms with Gasteiger partial charge in [-0.05, 0) is 36.9 Å². The Hall–Kier alpha value is -1.60. The lowest BCUT2D eigenvalue weighted by Crippen LogP contribution is -2.00. The molecule has 0 aliphatic carbocycles. The van der Waals surface area contributed by atoms with Crippen molar-refractivity contribution in [3.8, 4) is 0 Å². The number of benzene rings is 1. The van der Waals surface area contributed by atoms with Crippen LogP contribution in [-0.4, -0.2) is 15.8 Å². The molecule has 98 valence electrons. The van der Waals surface area contributed by atoms with Gasteiger partial charge in [0.15, 0.2) is 10.9 Å². The third-order valence-corrected chi connectivity index (χ3v) is 3.69. The van der Waals surface area contributed by atoms with Crippen LogP contribution in [0, 0.1) is 0 Å². The highest BCUT2D eigenvalue weighted by Gasteiger charge is 2.11. The molecule has 0 saturated heterocycles. The van der Waals surface area contributed by atoms with E-state index in [0.717, 1.165) is 9.37 Å². The van der Waals surface area contributed by atoms with Gasteiger partial charge in [-0.3, -0.25) is 4.79 Å². The van der Waals surface area contributed by atoms with Crippen LogP contribution in [0.4, 0.5) is 11.6 Å². The van der Waals surface area contributed by atoms with Crippen LogP contribution in [0.25, 0.3) is 0 Å². The van der Waals surface area contributed by atoms with Gasteiger partial charge in [0.1, 0.15) is 11.6 Å². The Balaban J connectivity index is 2.42. The Morgan fingerprint density at radius 1 is 1.21 bits per heavy atom. The molecule has 1 aromatic heterocycles. The lowest BCUT2D eigenvalue weighted by atomic mass is 10.1. The first-order valence-corrected chi connectivity index (χ1v) is 6.95. The smallest absolute Gasteiger partial charge is 0.196 e. The Kier molecular flexibility index (Phi) is 4.06. The average Bonchev–Trinajstić information content (AvgIpc) is 2.26. The summed E-state index contributed by atoms with van der Waals surface area (Å²) in [5, 5.41) is 0.415. The maximum absolute atomic E-state index is 11.6. The highest BCUT2D eigenvalue weighted by molar-refractivity contribution is 9.10. The van der Waals surface area contributed by atoms with Crippen LogP contribution in [0.2, 0.25) is 0 Å². The second-order valence-corrected chi connectivity index (χ2v) is 5.72. The van der Waals surface area contributed by atoms with Crippen LogP contribution in [0.1, 0.15) is 17.3 Å². The van der Waals surface area contributed by atoms with Gasteiger partial charge in [0, 0.05) is 21.0 Å². The number of aromatic nitrogens is 2. The van der Waals surface area contributed by atoms with E-state index in [0.29, 0.717) is 22.4 Å². The number of nitrogens with zero attached hydrogens (tertiary/aromatic N) is 2. The molecule has 0 radical (unpaired) electrons. The minimum Gasteiger partial charge on any atom is -0.383 e.